The fourth-order valence-electron chi connectivity index (χ4n) is 3.89. The average molecular weight is 456 g/mol. The summed E-state index contributed by atoms with van der Waals surface area (Å²) in [6.07, 6.45) is 0. The first kappa shape index (κ1) is 23.2. The molecule has 1 N–H and O–H groups in total. The smallest absolute Gasteiger partial charge is 0.313 e. The minimum Gasteiger partial charge on any atom is -0.313 e. The molecule has 34 heavy (non-hydrogen) atoms. The summed E-state index contributed by atoms with van der Waals surface area (Å²) in [5.41, 5.74) is 1.87. The Hall–Kier alpha value is -3.97. The molecule has 3 aromatic carbocycles. The molecule has 0 aliphatic carbocycles. The number of para-hydroxylation sites is 3. The highest BCUT2D eigenvalue weighted by Gasteiger charge is 2.27. The monoisotopic (exact) mass is 455 g/mol. The van der Waals surface area contributed by atoms with E-state index in [4.69, 9.17) is 4.98 Å². The Morgan fingerprint density at radius 1 is 0.912 bits per heavy atom. The van der Waals surface area contributed by atoms with Crippen molar-refractivity contribution in [2.75, 3.05) is 32.5 Å². The summed E-state index contributed by atoms with van der Waals surface area (Å²) in [5, 5.41) is 3.52. The first-order valence-corrected chi connectivity index (χ1v) is 11.3. The number of likely N-dealkylation sites (N-methyl/N-ethyl adjacent to an activating group) is 1. The second kappa shape index (κ2) is 10.3. The Balaban J connectivity index is 1.82. The molecule has 0 spiro atoms. The minimum absolute atomic E-state index is 0.158. The molecule has 0 aliphatic rings. The summed E-state index contributed by atoms with van der Waals surface area (Å²) >= 11 is 0. The van der Waals surface area contributed by atoms with Crippen molar-refractivity contribution in [3.05, 3.63) is 101 Å². The molecule has 1 aromatic heterocycles. The van der Waals surface area contributed by atoms with Gasteiger partial charge in [-0.2, -0.15) is 0 Å². The molecule has 4 rings (SSSR count). The molecule has 7 nitrogen and oxygen atoms in total. The summed E-state index contributed by atoms with van der Waals surface area (Å²) in [6, 6.07) is 25.4. The lowest BCUT2D eigenvalue weighted by atomic mass is 10.2. The highest BCUT2D eigenvalue weighted by Crippen LogP contribution is 2.23. The molecule has 4 aromatic rings. The van der Waals surface area contributed by atoms with Crippen molar-refractivity contribution in [3.63, 3.8) is 0 Å². The Labute approximate surface area is 199 Å². The molecule has 0 saturated carbocycles. The number of aromatic nitrogens is 2. The lowest BCUT2D eigenvalue weighted by molar-refractivity contribution is 0.181. The van der Waals surface area contributed by atoms with Crippen molar-refractivity contribution in [1.29, 1.82) is 0 Å². The van der Waals surface area contributed by atoms with Crippen LogP contribution in [0.5, 0.6) is 0 Å². The van der Waals surface area contributed by atoms with Crippen LogP contribution < -0.4 is 10.9 Å². The van der Waals surface area contributed by atoms with Gasteiger partial charge in [-0.3, -0.25) is 9.36 Å². The first-order chi connectivity index (χ1) is 16.5. The molecule has 7 heteroatoms. The number of nitrogens with zero attached hydrogens (tertiary/aromatic N) is 4. The summed E-state index contributed by atoms with van der Waals surface area (Å²) in [4.78, 5) is 35.6. The summed E-state index contributed by atoms with van der Waals surface area (Å²) in [6.45, 7) is 3.04. The molecule has 1 atom stereocenters. The van der Waals surface area contributed by atoms with Crippen LogP contribution in [0, 0.1) is 0 Å². The van der Waals surface area contributed by atoms with E-state index in [1.807, 2.05) is 105 Å². The number of rotatable bonds is 7. The van der Waals surface area contributed by atoms with Gasteiger partial charge in [0.2, 0.25) is 0 Å². The van der Waals surface area contributed by atoms with Crippen LogP contribution in [0.2, 0.25) is 0 Å². The summed E-state index contributed by atoms with van der Waals surface area (Å²) < 4.78 is 1.62. The first-order valence-electron chi connectivity index (χ1n) is 11.3. The van der Waals surface area contributed by atoms with Crippen molar-refractivity contribution >= 4 is 22.6 Å². The van der Waals surface area contributed by atoms with Gasteiger partial charge in [0.1, 0.15) is 5.82 Å². The summed E-state index contributed by atoms with van der Waals surface area (Å²) in [7, 11) is 3.93. The van der Waals surface area contributed by atoms with Gasteiger partial charge in [0.15, 0.2) is 0 Å². The Kier molecular flexibility index (Phi) is 7.04. The van der Waals surface area contributed by atoms with E-state index in [9.17, 15) is 9.59 Å². The van der Waals surface area contributed by atoms with Crippen molar-refractivity contribution in [2.45, 2.75) is 13.0 Å². The van der Waals surface area contributed by atoms with E-state index in [0.29, 0.717) is 41.2 Å². The molecule has 0 fully saturated rings. The van der Waals surface area contributed by atoms with Gasteiger partial charge >= 0.3 is 6.03 Å². The fourth-order valence-corrected chi connectivity index (χ4v) is 3.89. The molecule has 2 amide bonds. The standard InChI is InChI=1S/C27H29N5O2/c1-20(31(19-18-30(2)3)27(34)28-21-12-6-4-7-13-21)25-29-24-17-11-10-16-23(24)26(33)32(25)22-14-8-5-9-15-22/h4-17,20H,18-19H2,1-3H3,(H,28,34). The number of hydrogen-bond donors (Lipinski definition) is 1. The third-order valence-corrected chi connectivity index (χ3v) is 5.73. The number of amides is 2. The Bertz CT molecular complexity index is 1320. The number of anilines is 1. The van der Waals surface area contributed by atoms with Gasteiger partial charge in [0.25, 0.3) is 5.56 Å². The number of carbonyl (C=O) groups excluding carboxylic acids is 1. The largest absolute Gasteiger partial charge is 0.322 e. The molecule has 0 saturated heterocycles. The molecule has 174 valence electrons. The number of fused-ring (bicyclic) bond motifs is 1. The lowest BCUT2D eigenvalue weighted by Crippen LogP contribution is -2.43. The number of hydrogen-bond acceptors (Lipinski definition) is 4. The predicted molar refractivity (Wildman–Crippen MR) is 136 cm³/mol. The molecule has 0 bridgehead atoms. The van der Waals surface area contributed by atoms with Gasteiger partial charge in [-0.05, 0) is 57.4 Å². The molecular formula is C27H29N5O2. The third kappa shape index (κ3) is 5.00. The summed E-state index contributed by atoms with van der Waals surface area (Å²) in [5.74, 6) is 0.511. The van der Waals surface area contributed by atoms with E-state index in [1.54, 1.807) is 15.5 Å². The maximum atomic E-state index is 13.6. The SMILES string of the molecule is CC(c1nc2ccccc2c(=O)n1-c1ccccc1)N(CCN(C)C)C(=O)Nc1ccccc1. The van der Waals surface area contributed by atoms with E-state index in [-0.39, 0.29) is 11.6 Å². The zero-order chi connectivity index (χ0) is 24.1. The third-order valence-electron chi connectivity index (χ3n) is 5.73. The van der Waals surface area contributed by atoms with E-state index in [0.717, 1.165) is 0 Å². The fraction of sp³-hybridized carbons (Fsp3) is 0.222. The van der Waals surface area contributed by atoms with Crippen LogP contribution in [-0.4, -0.2) is 52.6 Å². The molecule has 1 heterocycles. The Morgan fingerprint density at radius 2 is 1.53 bits per heavy atom. The molecule has 0 radical (unpaired) electrons. The van der Waals surface area contributed by atoms with Crippen LogP contribution in [0.4, 0.5) is 10.5 Å². The van der Waals surface area contributed by atoms with Gasteiger partial charge in [-0.15, -0.1) is 0 Å². The maximum Gasteiger partial charge on any atom is 0.322 e. The van der Waals surface area contributed by atoms with Crippen LogP contribution in [0.25, 0.3) is 16.6 Å². The van der Waals surface area contributed by atoms with E-state index in [1.165, 1.54) is 0 Å². The van der Waals surface area contributed by atoms with Gasteiger partial charge in [0.05, 0.1) is 22.6 Å². The van der Waals surface area contributed by atoms with E-state index < -0.39 is 6.04 Å². The van der Waals surface area contributed by atoms with Gasteiger partial charge in [0, 0.05) is 18.8 Å². The van der Waals surface area contributed by atoms with Gasteiger partial charge in [-0.25, -0.2) is 9.78 Å². The zero-order valence-electron chi connectivity index (χ0n) is 19.7. The molecule has 0 aliphatic heterocycles. The zero-order valence-corrected chi connectivity index (χ0v) is 19.7. The van der Waals surface area contributed by atoms with E-state index in [2.05, 4.69) is 5.32 Å². The maximum absolute atomic E-state index is 13.6. The predicted octanol–water partition coefficient (Wildman–Crippen LogP) is 4.54. The lowest BCUT2D eigenvalue weighted by Gasteiger charge is -2.31. The normalized spacial score (nSPS) is 12.0. The van der Waals surface area contributed by atoms with Crippen LogP contribution in [0.3, 0.4) is 0 Å². The van der Waals surface area contributed by atoms with Crippen LogP contribution in [0.1, 0.15) is 18.8 Å². The molecule has 1 unspecified atom stereocenters. The van der Waals surface area contributed by atoms with Gasteiger partial charge in [-0.1, -0.05) is 48.5 Å². The number of nitrogens with one attached hydrogen (secondary N) is 1. The topological polar surface area (TPSA) is 70.5 Å². The van der Waals surface area contributed by atoms with Crippen molar-refractivity contribution in [2.24, 2.45) is 0 Å². The van der Waals surface area contributed by atoms with Crippen LogP contribution in [-0.2, 0) is 0 Å². The minimum atomic E-state index is -0.471. The second-order valence-corrected chi connectivity index (χ2v) is 8.43. The van der Waals surface area contributed by atoms with Crippen LogP contribution in [0.15, 0.2) is 89.7 Å². The number of benzene rings is 3. The Morgan fingerprint density at radius 3 is 2.21 bits per heavy atom. The van der Waals surface area contributed by atoms with Crippen molar-refractivity contribution in [1.82, 2.24) is 19.4 Å². The quantitative estimate of drug-likeness (QED) is 0.444. The highest BCUT2D eigenvalue weighted by molar-refractivity contribution is 5.89. The average Bonchev–Trinajstić information content (AvgIpc) is 2.85. The van der Waals surface area contributed by atoms with Crippen molar-refractivity contribution < 1.29 is 4.79 Å². The van der Waals surface area contributed by atoms with Gasteiger partial charge < -0.3 is 15.1 Å². The number of urea groups is 1. The number of carbonyl (C=O) groups is 1. The molecular weight excluding hydrogens is 426 g/mol. The second-order valence-electron chi connectivity index (χ2n) is 8.43. The van der Waals surface area contributed by atoms with E-state index >= 15 is 0 Å². The van der Waals surface area contributed by atoms with Crippen molar-refractivity contribution in [3.8, 4) is 5.69 Å². The van der Waals surface area contributed by atoms with Crippen LogP contribution >= 0.6 is 0 Å². The highest BCUT2D eigenvalue weighted by atomic mass is 16.2.